The molecule has 1 aliphatic rings. The van der Waals surface area contributed by atoms with E-state index in [1.54, 1.807) is 12.3 Å². The number of piperazine rings is 1. The van der Waals surface area contributed by atoms with E-state index in [2.05, 4.69) is 15.1 Å². The zero-order valence-corrected chi connectivity index (χ0v) is 16.2. The molecule has 0 saturated carbocycles. The summed E-state index contributed by atoms with van der Waals surface area (Å²) in [5, 5.41) is 4.91. The van der Waals surface area contributed by atoms with Gasteiger partial charge < -0.3 is 14.6 Å². The molecule has 1 aliphatic heterocycles. The van der Waals surface area contributed by atoms with Crippen molar-refractivity contribution in [1.29, 1.82) is 0 Å². The molecule has 28 heavy (non-hydrogen) atoms. The number of nitrogens with one attached hydrogen (secondary N) is 1. The van der Waals surface area contributed by atoms with Crippen molar-refractivity contribution in [3.63, 3.8) is 0 Å². The molecular formula is C21H22FN3O2S. The summed E-state index contributed by atoms with van der Waals surface area (Å²) in [7, 11) is 0. The summed E-state index contributed by atoms with van der Waals surface area (Å²) in [5.41, 5.74) is 0.641. The summed E-state index contributed by atoms with van der Waals surface area (Å²) >= 11 is 1.42. The molecule has 0 unspecified atom stereocenters. The number of hydrogen-bond donors (Lipinski definition) is 1. The molecule has 2 aromatic heterocycles. The fourth-order valence-corrected chi connectivity index (χ4v) is 4.20. The maximum atomic E-state index is 14.1. The third-order valence-corrected chi connectivity index (χ3v) is 5.89. The van der Waals surface area contributed by atoms with Crippen LogP contribution in [-0.4, -0.2) is 43.5 Å². The minimum absolute atomic E-state index is 0.0540. The van der Waals surface area contributed by atoms with E-state index >= 15 is 0 Å². The molecule has 1 aromatic carbocycles. The van der Waals surface area contributed by atoms with Gasteiger partial charge in [0, 0.05) is 32.7 Å². The van der Waals surface area contributed by atoms with E-state index in [9.17, 15) is 9.18 Å². The summed E-state index contributed by atoms with van der Waals surface area (Å²) in [5.74, 6) is 0.559. The van der Waals surface area contributed by atoms with Crippen LogP contribution < -0.4 is 10.2 Å². The summed E-state index contributed by atoms with van der Waals surface area (Å²) in [6.07, 6.45) is 1.65. The van der Waals surface area contributed by atoms with Gasteiger partial charge in [0.25, 0.3) is 5.91 Å². The van der Waals surface area contributed by atoms with Gasteiger partial charge in [0.2, 0.25) is 0 Å². The Bertz CT molecular complexity index is 890. The van der Waals surface area contributed by atoms with E-state index in [0.717, 1.165) is 31.9 Å². The lowest BCUT2D eigenvalue weighted by molar-refractivity contribution is 0.0926. The van der Waals surface area contributed by atoms with E-state index in [0.29, 0.717) is 17.1 Å². The predicted molar refractivity (Wildman–Crippen MR) is 108 cm³/mol. The Hall–Kier alpha value is -2.64. The Morgan fingerprint density at radius 3 is 2.61 bits per heavy atom. The number of nitrogens with zero attached hydrogens (tertiary/aromatic N) is 2. The molecule has 5 nitrogen and oxygen atoms in total. The van der Waals surface area contributed by atoms with Crippen LogP contribution in [-0.2, 0) is 0 Å². The quantitative estimate of drug-likeness (QED) is 0.686. The van der Waals surface area contributed by atoms with Crippen LogP contribution in [0.2, 0.25) is 0 Å². The van der Waals surface area contributed by atoms with Crippen LogP contribution in [0.4, 0.5) is 10.1 Å². The molecule has 7 heteroatoms. The molecular weight excluding hydrogens is 377 g/mol. The summed E-state index contributed by atoms with van der Waals surface area (Å²) in [6, 6.07) is 14.3. The maximum Gasteiger partial charge on any atom is 0.261 e. The van der Waals surface area contributed by atoms with Crippen molar-refractivity contribution in [2.45, 2.75) is 6.04 Å². The second kappa shape index (κ2) is 8.58. The van der Waals surface area contributed by atoms with Crippen molar-refractivity contribution < 1.29 is 13.6 Å². The van der Waals surface area contributed by atoms with E-state index in [1.807, 2.05) is 41.8 Å². The Morgan fingerprint density at radius 1 is 1.11 bits per heavy atom. The largest absolute Gasteiger partial charge is 0.468 e. The predicted octanol–water partition coefficient (Wildman–Crippen LogP) is 3.77. The summed E-state index contributed by atoms with van der Waals surface area (Å²) in [4.78, 5) is 17.4. The molecule has 0 radical (unpaired) electrons. The van der Waals surface area contributed by atoms with Crippen LogP contribution >= 0.6 is 11.3 Å². The van der Waals surface area contributed by atoms with E-state index < -0.39 is 0 Å². The van der Waals surface area contributed by atoms with E-state index in [4.69, 9.17) is 4.42 Å². The van der Waals surface area contributed by atoms with Crippen molar-refractivity contribution >= 4 is 22.9 Å². The first-order chi connectivity index (χ1) is 13.7. The van der Waals surface area contributed by atoms with Gasteiger partial charge in [-0.25, -0.2) is 4.39 Å². The lowest BCUT2D eigenvalue weighted by Gasteiger charge is -2.39. The Labute approximate surface area is 167 Å². The number of para-hydroxylation sites is 1. The lowest BCUT2D eigenvalue weighted by Crippen LogP contribution is -2.50. The third kappa shape index (κ3) is 4.10. The van der Waals surface area contributed by atoms with E-state index in [-0.39, 0.29) is 17.8 Å². The van der Waals surface area contributed by atoms with Gasteiger partial charge in [-0.2, -0.15) is 0 Å². The van der Waals surface area contributed by atoms with Crippen molar-refractivity contribution in [2.75, 3.05) is 37.6 Å². The van der Waals surface area contributed by atoms with Gasteiger partial charge in [0.15, 0.2) is 0 Å². The van der Waals surface area contributed by atoms with Crippen LogP contribution in [0.15, 0.2) is 64.6 Å². The summed E-state index contributed by atoms with van der Waals surface area (Å²) < 4.78 is 19.7. The molecule has 1 atom stereocenters. The smallest absolute Gasteiger partial charge is 0.261 e. The molecule has 4 rings (SSSR count). The number of carbonyl (C=O) groups excluding carboxylic acids is 1. The number of anilines is 1. The van der Waals surface area contributed by atoms with Crippen LogP contribution in [0.5, 0.6) is 0 Å². The molecule has 1 fully saturated rings. The molecule has 1 amide bonds. The number of halogens is 1. The number of thiophene rings is 1. The van der Waals surface area contributed by atoms with Gasteiger partial charge >= 0.3 is 0 Å². The fourth-order valence-electron chi connectivity index (χ4n) is 3.56. The van der Waals surface area contributed by atoms with Crippen LogP contribution in [0, 0.1) is 5.82 Å². The average molecular weight is 399 g/mol. The molecule has 0 bridgehead atoms. The minimum Gasteiger partial charge on any atom is -0.468 e. The van der Waals surface area contributed by atoms with Gasteiger partial charge in [0.1, 0.15) is 11.6 Å². The molecule has 3 heterocycles. The monoisotopic (exact) mass is 399 g/mol. The van der Waals surface area contributed by atoms with Crippen LogP contribution in [0.3, 0.4) is 0 Å². The molecule has 146 valence electrons. The number of hydrogen-bond acceptors (Lipinski definition) is 5. The van der Waals surface area contributed by atoms with Gasteiger partial charge in [-0.15, -0.1) is 11.3 Å². The first-order valence-corrected chi connectivity index (χ1v) is 10.2. The van der Waals surface area contributed by atoms with Gasteiger partial charge in [-0.05, 0) is 35.7 Å². The number of benzene rings is 1. The van der Waals surface area contributed by atoms with Crippen molar-refractivity contribution in [3.05, 3.63) is 76.6 Å². The summed E-state index contributed by atoms with van der Waals surface area (Å²) in [6.45, 7) is 3.42. The molecule has 1 saturated heterocycles. The highest BCUT2D eigenvalue weighted by Gasteiger charge is 2.28. The van der Waals surface area contributed by atoms with Gasteiger partial charge in [0.05, 0.1) is 22.9 Å². The average Bonchev–Trinajstić information content (AvgIpc) is 3.43. The second-order valence-corrected chi connectivity index (χ2v) is 7.64. The zero-order valence-electron chi connectivity index (χ0n) is 15.4. The van der Waals surface area contributed by atoms with Gasteiger partial charge in [-0.1, -0.05) is 18.2 Å². The van der Waals surface area contributed by atoms with Crippen molar-refractivity contribution in [1.82, 2.24) is 10.2 Å². The number of furan rings is 1. The van der Waals surface area contributed by atoms with Crippen LogP contribution in [0.25, 0.3) is 0 Å². The van der Waals surface area contributed by atoms with Crippen molar-refractivity contribution in [2.24, 2.45) is 0 Å². The highest BCUT2D eigenvalue weighted by molar-refractivity contribution is 7.12. The highest BCUT2D eigenvalue weighted by atomic mass is 32.1. The molecule has 0 spiro atoms. The van der Waals surface area contributed by atoms with E-state index in [1.165, 1.54) is 17.4 Å². The fraction of sp³-hybridized carbons (Fsp3) is 0.286. The molecule has 1 N–H and O–H groups in total. The third-order valence-electron chi connectivity index (χ3n) is 5.02. The normalized spacial score (nSPS) is 16.1. The number of carbonyl (C=O) groups is 1. The first-order valence-electron chi connectivity index (χ1n) is 9.31. The maximum absolute atomic E-state index is 14.1. The lowest BCUT2D eigenvalue weighted by atomic mass is 10.1. The standard InChI is InChI=1S/C21H22FN3O2S/c22-16-5-1-2-6-17(16)24-9-11-25(12-10-24)18(19-7-3-13-27-19)15-23-21(26)20-8-4-14-28-20/h1-8,13-14,18H,9-12,15H2,(H,23,26)/t18-/m1/s1. The number of rotatable bonds is 6. The minimum atomic E-state index is -0.193. The first kappa shape index (κ1) is 18.7. The topological polar surface area (TPSA) is 48.7 Å². The highest BCUT2D eigenvalue weighted by Crippen LogP contribution is 2.25. The van der Waals surface area contributed by atoms with Crippen molar-refractivity contribution in [3.8, 4) is 0 Å². The number of amides is 1. The Morgan fingerprint density at radius 2 is 1.93 bits per heavy atom. The Balaban J connectivity index is 1.42. The Kier molecular flexibility index (Phi) is 5.73. The zero-order chi connectivity index (χ0) is 19.3. The van der Waals surface area contributed by atoms with Crippen LogP contribution in [0.1, 0.15) is 21.5 Å². The SMILES string of the molecule is O=C(NC[C@H](c1ccco1)N1CCN(c2ccccc2F)CC1)c1cccs1. The molecule has 3 aromatic rings. The second-order valence-electron chi connectivity index (χ2n) is 6.69. The van der Waals surface area contributed by atoms with Gasteiger partial charge in [-0.3, -0.25) is 9.69 Å². The molecule has 0 aliphatic carbocycles.